The summed E-state index contributed by atoms with van der Waals surface area (Å²) in [4.78, 5) is 4.73. The van der Waals surface area contributed by atoms with Crippen molar-refractivity contribution in [3.05, 3.63) is 71.3 Å². The van der Waals surface area contributed by atoms with Crippen molar-refractivity contribution in [2.24, 2.45) is 12.0 Å². The first-order valence-corrected chi connectivity index (χ1v) is 10.9. The Labute approximate surface area is 211 Å². The number of nitrogens with zero attached hydrogens (tertiary/aromatic N) is 4. The molecule has 1 aliphatic rings. The molecule has 0 fully saturated rings. The van der Waals surface area contributed by atoms with Crippen LogP contribution in [0.4, 0.5) is 0 Å². The first kappa shape index (κ1) is 24.8. The molecule has 2 N–H and O–H groups in total. The van der Waals surface area contributed by atoms with Crippen molar-refractivity contribution in [1.29, 1.82) is 0 Å². The molecule has 4 rings (SSSR count). The minimum absolute atomic E-state index is 0. The van der Waals surface area contributed by atoms with Crippen LogP contribution in [0.2, 0.25) is 0 Å². The molecule has 2 aromatic carbocycles. The van der Waals surface area contributed by atoms with Crippen LogP contribution >= 0.6 is 24.0 Å². The lowest BCUT2D eigenvalue weighted by atomic mass is 10.1. The Kier molecular flexibility index (Phi) is 8.93. The summed E-state index contributed by atoms with van der Waals surface area (Å²) < 4.78 is 13.2. The number of fused-ring (bicyclic) bond motifs is 1. The number of rotatable bonds is 8. The maximum Gasteiger partial charge on any atom is 0.191 e. The average Bonchev–Trinajstić information content (AvgIpc) is 3.38. The van der Waals surface area contributed by atoms with E-state index in [0.29, 0.717) is 13.1 Å². The number of aliphatic imine (C=N–C) groups is 1. The van der Waals surface area contributed by atoms with Gasteiger partial charge in [0.2, 0.25) is 0 Å². The molecule has 1 unspecified atom stereocenters. The number of nitrogens with one attached hydrogen (secondary N) is 2. The second-order valence-electron chi connectivity index (χ2n) is 7.84. The second kappa shape index (κ2) is 11.9. The van der Waals surface area contributed by atoms with E-state index in [2.05, 4.69) is 45.1 Å². The summed E-state index contributed by atoms with van der Waals surface area (Å²) in [5.41, 5.74) is 2.48. The number of ether oxygens (including phenoxy) is 2. The summed E-state index contributed by atoms with van der Waals surface area (Å²) in [6, 6.07) is 16.3. The normalized spacial score (nSPS) is 14.8. The SMILES string of the molecule is COc1ccc(CCNC(=NCc2nnc(C)n2C)NCC2Cc3ccccc3O2)cc1.I. The molecule has 176 valence electrons. The molecule has 0 saturated heterocycles. The molecular formula is C24H31IN6O2. The lowest BCUT2D eigenvalue weighted by Crippen LogP contribution is -2.43. The molecule has 0 saturated carbocycles. The Balaban J connectivity index is 0.00000306. The zero-order chi connectivity index (χ0) is 22.3. The third kappa shape index (κ3) is 6.59. The number of hydrogen-bond donors (Lipinski definition) is 2. The fourth-order valence-corrected chi connectivity index (χ4v) is 3.61. The van der Waals surface area contributed by atoms with E-state index in [-0.39, 0.29) is 30.1 Å². The standard InChI is InChI=1S/C24H30N6O2.HI/c1-17-28-29-23(30(17)2)16-27-24(25-13-12-18-8-10-20(31-3)11-9-18)26-15-21-14-19-6-4-5-7-22(19)32-21;/h4-11,21H,12-16H2,1-3H3,(H2,25,26,27);1H. The lowest BCUT2D eigenvalue weighted by molar-refractivity contribution is 0.235. The van der Waals surface area contributed by atoms with E-state index in [1.54, 1.807) is 7.11 Å². The highest BCUT2D eigenvalue weighted by Crippen LogP contribution is 2.27. The van der Waals surface area contributed by atoms with Crippen LogP contribution in [0.25, 0.3) is 0 Å². The summed E-state index contributed by atoms with van der Waals surface area (Å²) in [7, 11) is 3.63. The minimum Gasteiger partial charge on any atom is -0.497 e. The van der Waals surface area contributed by atoms with Gasteiger partial charge in [0.15, 0.2) is 11.8 Å². The van der Waals surface area contributed by atoms with Crippen LogP contribution in [0.5, 0.6) is 11.5 Å². The zero-order valence-electron chi connectivity index (χ0n) is 19.2. The van der Waals surface area contributed by atoms with Crippen molar-refractivity contribution in [3.63, 3.8) is 0 Å². The molecule has 0 amide bonds. The van der Waals surface area contributed by atoms with Gasteiger partial charge in [0.05, 0.1) is 13.7 Å². The molecule has 0 spiro atoms. The topological polar surface area (TPSA) is 85.6 Å². The maximum atomic E-state index is 6.05. The molecule has 8 nitrogen and oxygen atoms in total. The summed E-state index contributed by atoms with van der Waals surface area (Å²) >= 11 is 0. The fourth-order valence-electron chi connectivity index (χ4n) is 3.61. The van der Waals surface area contributed by atoms with Gasteiger partial charge in [-0.15, -0.1) is 34.2 Å². The van der Waals surface area contributed by atoms with E-state index in [0.717, 1.165) is 48.5 Å². The van der Waals surface area contributed by atoms with E-state index in [1.165, 1.54) is 11.1 Å². The van der Waals surface area contributed by atoms with Gasteiger partial charge in [0.25, 0.3) is 0 Å². The van der Waals surface area contributed by atoms with Crippen LogP contribution in [0.3, 0.4) is 0 Å². The van der Waals surface area contributed by atoms with Crippen molar-refractivity contribution >= 4 is 29.9 Å². The molecule has 33 heavy (non-hydrogen) atoms. The minimum atomic E-state index is 0. The highest BCUT2D eigenvalue weighted by atomic mass is 127. The van der Waals surface area contributed by atoms with Gasteiger partial charge in [-0.25, -0.2) is 4.99 Å². The predicted octanol–water partition coefficient (Wildman–Crippen LogP) is 3.03. The summed E-state index contributed by atoms with van der Waals surface area (Å²) in [5.74, 6) is 4.26. The van der Waals surface area contributed by atoms with Crippen molar-refractivity contribution in [2.45, 2.75) is 32.4 Å². The molecule has 9 heteroatoms. The van der Waals surface area contributed by atoms with E-state index < -0.39 is 0 Å². The van der Waals surface area contributed by atoms with Crippen LogP contribution in [-0.4, -0.2) is 47.0 Å². The number of halogens is 1. The summed E-state index contributed by atoms with van der Waals surface area (Å²) in [5, 5.41) is 15.2. The van der Waals surface area contributed by atoms with Gasteiger partial charge in [-0.1, -0.05) is 30.3 Å². The molecule has 0 bridgehead atoms. The molecule has 0 aliphatic carbocycles. The average molecular weight is 562 g/mol. The third-order valence-corrected chi connectivity index (χ3v) is 5.64. The Hall–Kier alpha value is -2.82. The number of aromatic nitrogens is 3. The highest BCUT2D eigenvalue weighted by Gasteiger charge is 2.22. The van der Waals surface area contributed by atoms with Crippen LogP contribution in [0.1, 0.15) is 22.8 Å². The number of guanidine groups is 1. The van der Waals surface area contributed by atoms with Gasteiger partial charge in [0, 0.05) is 20.0 Å². The van der Waals surface area contributed by atoms with Gasteiger partial charge >= 0.3 is 0 Å². The Morgan fingerprint density at radius 2 is 1.94 bits per heavy atom. The van der Waals surface area contributed by atoms with Crippen molar-refractivity contribution in [1.82, 2.24) is 25.4 Å². The number of benzene rings is 2. The van der Waals surface area contributed by atoms with E-state index in [1.807, 2.05) is 42.8 Å². The number of hydrogen-bond acceptors (Lipinski definition) is 5. The molecule has 1 aromatic heterocycles. The summed E-state index contributed by atoms with van der Waals surface area (Å²) in [6.07, 6.45) is 1.85. The highest BCUT2D eigenvalue weighted by molar-refractivity contribution is 14.0. The smallest absolute Gasteiger partial charge is 0.191 e. The van der Waals surface area contributed by atoms with Crippen LogP contribution < -0.4 is 20.1 Å². The van der Waals surface area contributed by atoms with Gasteiger partial charge in [-0.3, -0.25) is 0 Å². The molecule has 2 heterocycles. The molecule has 0 radical (unpaired) electrons. The predicted molar refractivity (Wildman–Crippen MR) is 140 cm³/mol. The van der Waals surface area contributed by atoms with E-state index in [4.69, 9.17) is 14.5 Å². The molecule has 1 atom stereocenters. The first-order valence-electron chi connectivity index (χ1n) is 10.9. The van der Waals surface area contributed by atoms with Gasteiger partial charge in [0.1, 0.15) is 30.0 Å². The Morgan fingerprint density at radius 1 is 1.15 bits per heavy atom. The van der Waals surface area contributed by atoms with Gasteiger partial charge in [-0.05, 0) is 42.7 Å². The van der Waals surface area contributed by atoms with Crippen molar-refractivity contribution in [2.75, 3.05) is 20.2 Å². The van der Waals surface area contributed by atoms with Gasteiger partial charge < -0.3 is 24.7 Å². The first-order chi connectivity index (χ1) is 15.6. The van der Waals surface area contributed by atoms with E-state index in [9.17, 15) is 0 Å². The second-order valence-corrected chi connectivity index (χ2v) is 7.84. The van der Waals surface area contributed by atoms with Crippen LogP contribution in [0.15, 0.2) is 53.5 Å². The van der Waals surface area contributed by atoms with Crippen molar-refractivity contribution in [3.8, 4) is 11.5 Å². The van der Waals surface area contributed by atoms with E-state index >= 15 is 0 Å². The monoisotopic (exact) mass is 562 g/mol. The fraction of sp³-hybridized carbons (Fsp3) is 0.375. The Morgan fingerprint density at radius 3 is 2.64 bits per heavy atom. The van der Waals surface area contributed by atoms with Gasteiger partial charge in [-0.2, -0.15) is 0 Å². The maximum absolute atomic E-state index is 6.05. The third-order valence-electron chi connectivity index (χ3n) is 5.64. The molecular weight excluding hydrogens is 531 g/mol. The molecule has 1 aliphatic heterocycles. The summed E-state index contributed by atoms with van der Waals surface area (Å²) in [6.45, 7) is 3.80. The van der Waals surface area contributed by atoms with Crippen molar-refractivity contribution < 1.29 is 9.47 Å². The largest absolute Gasteiger partial charge is 0.497 e. The molecule has 3 aromatic rings. The lowest BCUT2D eigenvalue weighted by Gasteiger charge is -2.16. The van der Waals surface area contributed by atoms with Crippen LogP contribution in [0, 0.1) is 6.92 Å². The zero-order valence-corrected chi connectivity index (χ0v) is 21.6. The number of aryl methyl sites for hydroxylation is 1. The quantitative estimate of drug-likeness (QED) is 0.250. The number of para-hydroxylation sites is 1. The Bertz CT molecular complexity index is 1040. The number of methoxy groups -OCH3 is 1. The van der Waals surface area contributed by atoms with Crippen LogP contribution in [-0.2, 0) is 26.4 Å².